The molecule has 4 aliphatic rings. The van der Waals surface area contributed by atoms with Crippen LogP contribution in [0.4, 0.5) is 5.69 Å². The van der Waals surface area contributed by atoms with Crippen molar-refractivity contribution in [2.24, 2.45) is 11.8 Å². The molecule has 5 heterocycles. The molecule has 0 saturated carbocycles. The van der Waals surface area contributed by atoms with Crippen LogP contribution in [0.5, 0.6) is 0 Å². The summed E-state index contributed by atoms with van der Waals surface area (Å²) in [5.74, 6) is -2.37. The topological polar surface area (TPSA) is 121 Å². The van der Waals surface area contributed by atoms with Gasteiger partial charge >= 0.3 is 0 Å². The van der Waals surface area contributed by atoms with Crippen molar-refractivity contribution < 1.29 is 24.2 Å². The summed E-state index contributed by atoms with van der Waals surface area (Å²) in [6.07, 6.45) is 10.1. The quantitative estimate of drug-likeness (QED) is 0.292. The molecule has 5 atom stereocenters. The van der Waals surface area contributed by atoms with E-state index >= 15 is 0 Å². The number of para-hydroxylation sites is 2. The van der Waals surface area contributed by atoms with Crippen molar-refractivity contribution in [1.29, 1.82) is 0 Å². The number of benzene rings is 2. The van der Waals surface area contributed by atoms with E-state index in [2.05, 4.69) is 10.3 Å². The van der Waals surface area contributed by atoms with Crippen molar-refractivity contribution in [1.82, 2.24) is 24.8 Å². The Bertz CT molecular complexity index is 1670. The van der Waals surface area contributed by atoms with Gasteiger partial charge in [-0.05, 0) is 49.9 Å². The van der Waals surface area contributed by atoms with Crippen LogP contribution in [0.25, 0.3) is 11.0 Å². The van der Waals surface area contributed by atoms with Crippen LogP contribution in [0.3, 0.4) is 0 Å². The van der Waals surface area contributed by atoms with Crippen LogP contribution in [0.15, 0.2) is 78.9 Å². The van der Waals surface area contributed by atoms with E-state index in [-0.39, 0.29) is 37.5 Å². The molecule has 0 radical (unpaired) electrons. The number of nitrogens with zero attached hydrogens (tertiary/aromatic N) is 6. The standard InChI is InChI=1S/C34H38N6O5/c1-2-33-17-11-21-38(24-13-5-3-6-14-24)30(42)27(33)28-31(43)39(20-9-4-10-22-41)29-32(44)37(19-12-18-34(28,29)45-33)23-40-26-16-8-7-15-25(26)35-36-40/h3,5-8,11-18,27-29,41H,2,4,9-10,19-23H2,1H3/t27-,28+,29?,33+,34+/m1/s1. The molecule has 11 heteroatoms. The normalized spacial score (nSPS) is 29.2. The molecular weight excluding hydrogens is 572 g/mol. The second-order valence-electron chi connectivity index (χ2n) is 12.3. The average Bonchev–Trinajstić information content (AvgIpc) is 3.60. The maximum atomic E-state index is 14.7. The number of amides is 3. The lowest BCUT2D eigenvalue weighted by atomic mass is 9.73. The van der Waals surface area contributed by atoms with Gasteiger partial charge in [0.25, 0.3) is 5.91 Å². The Morgan fingerprint density at radius 1 is 0.889 bits per heavy atom. The number of aliphatic hydroxyl groups excluding tert-OH is 1. The van der Waals surface area contributed by atoms with Crippen molar-refractivity contribution in [3.8, 4) is 0 Å². The fourth-order valence-corrected chi connectivity index (χ4v) is 7.77. The summed E-state index contributed by atoms with van der Waals surface area (Å²) in [6.45, 7) is 3.15. The predicted molar refractivity (Wildman–Crippen MR) is 167 cm³/mol. The number of fused-ring (bicyclic) bond motifs is 3. The minimum absolute atomic E-state index is 0.0611. The van der Waals surface area contributed by atoms with Crippen LogP contribution in [0.1, 0.15) is 32.6 Å². The number of carbonyl (C=O) groups excluding carboxylic acids is 3. The molecule has 1 N–H and O–H groups in total. The minimum atomic E-state index is -1.33. The first-order chi connectivity index (χ1) is 21.9. The monoisotopic (exact) mass is 610 g/mol. The summed E-state index contributed by atoms with van der Waals surface area (Å²) in [7, 11) is 0. The lowest BCUT2D eigenvalue weighted by Crippen LogP contribution is -2.56. The Labute approximate surface area is 261 Å². The van der Waals surface area contributed by atoms with E-state index in [9.17, 15) is 19.5 Å². The average molecular weight is 611 g/mol. The van der Waals surface area contributed by atoms with Gasteiger partial charge < -0.3 is 24.5 Å². The van der Waals surface area contributed by atoms with Crippen LogP contribution < -0.4 is 4.90 Å². The number of hydrogen-bond donors (Lipinski definition) is 1. The van der Waals surface area contributed by atoms with Gasteiger partial charge in [-0.15, -0.1) is 5.10 Å². The molecule has 1 unspecified atom stereocenters. The molecule has 2 fully saturated rings. The molecule has 4 aliphatic heterocycles. The maximum Gasteiger partial charge on any atom is 0.250 e. The first kappa shape index (κ1) is 29.4. The number of carbonyl (C=O) groups is 3. The summed E-state index contributed by atoms with van der Waals surface area (Å²) in [4.78, 5) is 49.0. The van der Waals surface area contributed by atoms with E-state index in [4.69, 9.17) is 4.74 Å². The zero-order chi connectivity index (χ0) is 31.2. The molecule has 11 nitrogen and oxygen atoms in total. The van der Waals surface area contributed by atoms with E-state index < -0.39 is 29.1 Å². The van der Waals surface area contributed by atoms with Gasteiger partial charge in [0.2, 0.25) is 11.8 Å². The second-order valence-corrected chi connectivity index (χ2v) is 12.3. The van der Waals surface area contributed by atoms with E-state index in [0.717, 1.165) is 16.7 Å². The van der Waals surface area contributed by atoms with E-state index in [0.29, 0.717) is 38.8 Å². The molecule has 234 valence electrons. The molecule has 3 amide bonds. The number of rotatable bonds is 9. The highest BCUT2D eigenvalue weighted by atomic mass is 16.5. The third-order valence-corrected chi connectivity index (χ3v) is 9.87. The number of likely N-dealkylation sites (tertiary alicyclic amines) is 1. The zero-order valence-electron chi connectivity index (χ0n) is 25.4. The molecule has 0 aliphatic carbocycles. The summed E-state index contributed by atoms with van der Waals surface area (Å²) in [5, 5.41) is 17.9. The van der Waals surface area contributed by atoms with Crippen LogP contribution in [0.2, 0.25) is 0 Å². The fraction of sp³-hybridized carbons (Fsp3) is 0.441. The summed E-state index contributed by atoms with van der Waals surface area (Å²) < 4.78 is 8.77. The van der Waals surface area contributed by atoms with Gasteiger partial charge in [0.15, 0.2) is 0 Å². The smallest absolute Gasteiger partial charge is 0.250 e. The molecule has 2 aromatic carbocycles. The van der Waals surface area contributed by atoms with Crippen LogP contribution in [-0.2, 0) is 25.8 Å². The highest BCUT2D eigenvalue weighted by molar-refractivity contribution is 6.04. The van der Waals surface area contributed by atoms with Crippen molar-refractivity contribution in [2.45, 2.75) is 56.5 Å². The lowest BCUT2D eigenvalue weighted by molar-refractivity contribution is -0.153. The Hall–Kier alpha value is -4.35. The first-order valence-corrected chi connectivity index (χ1v) is 15.8. The molecule has 7 rings (SSSR count). The number of aliphatic hydroxyl groups is 1. The Balaban J connectivity index is 1.30. The molecule has 2 saturated heterocycles. The molecule has 1 spiro atoms. The zero-order valence-corrected chi connectivity index (χ0v) is 25.4. The summed E-state index contributed by atoms with van der Waals surface area (Å²) in [5.41, 5.74) is -0.0997. The summed E-state index contributed by atoms with van der Waals surface area (Å²) in [6, 6.07) is 16.1. The van der Waals surface area contributed by atoms with Gasteiger partial charge in [-0.25, -0.2) is 4.68 Å². The second kappa shape index (κ2) is 11.5. The largest absolute Gasteiger partial charge is 0.396 e. The Kier molecular flexibility index (Phi) is 7.53. The number of aromatic nitrogens is 3. The molecule has 0 bridgehead atoms. The van der Waals surface area contributed by atoms with Crippen LogP contribution in [-0.4, -0.2) is 91.1 Å². The van der Waals surface area contributed by atoms with E-state index in [1.54, 1.807) is 19.4 Å². The van der Waals surface area contributed by atoms with Crippen molar-refractivity contribution >= 4 is 34.4 Å². The Morgan fingerprint density at radius 2 is 1.67 bits per heavy atom. The highest BCUT2D eigenvalue weighted by Gasteiger charge is 2.75. The van der Waals surface area contributed by atoms with Gasteiger partial charge in [-0.3, -0.25) is 14.4 Å². The summed E-state index contributed by atoms with van der Waals surface area (Å²) >= 11 is 0. The number of anilines is 1. The first-order valence-electron chi connectivity index (χ1n) is 15.8. The lowest BCUT2D eigenvalue weighted by Gasteiger charge is -2.38. The third-order valence-electron chi connectivity index (χ3n) is 9.87. The van der Waals surface area contributed by atoms with Gasteiger partial charge in [0.1, 0.15) is 23.8 Å². The molecule has 45 heavy (non-hydrogen) atoms. The fourth-order valence-electron chi connectivity index (χ4n) is 7.77. The number of unbranched alkanes of at least 4 members (excludes halogenated alkanes) is 2. The molecular formula is C34H38N6O5. The van der Waals surface area contributed by atoms with Crippen molar-refractivity contribution in [2.75, 3.05) is 31.1 Å². The van der Waals surface area contributed by atoms with Gasteiger partial charge in [0, 0.05) is 31.9 Å². The predicted octanol–water partition coefficient (Wildman–Crippen LogP) is 2.91. The molecule has 1 aromatic heterocycles. The third kappa shape index (κ3) is 4.59. The van der Waals surface area contributed by atoms with Gasteiger partial charge in [-0.1, -0.05) is 66.8 Å². The van der Waals surface area contributed by atoms with Crippen molar-refractivity contribution in [3.63, 3.8) is 0 Å². The maximum absolute atomic E-state index is 14.7. The van der Waals surface area contributed by atoms with E-state index in [1.165, 1.54) is 0 Å². The minimum Gasteiger partial charge on any atom is -0.396 e. The highest BCUT2D eigenvalue weighted by Crippen LogP contribution is 2.58. The SMILES string of the molecule is CC[C@]12C=CCN(c3ccccc3)C(=O)[C@H]1[C@H]1C(=O)N(CCCCCO)C3C(=O)N(Cn4nnc5ccccc54)CC=C[C@@]31O2. The van der Waals surface area contributed by atoms with Crippen LogP contribution in [0, 0.1) is 11.8 Å². The van der Waals surface area contributed by atoms with Gasteiger partial charge in [-0.2, -0.15) is 0 Å². The number of hydrogen-bond acceptors (Lipinski definition) is 7. The Morgan fingerprint density at radius 3 is 2.47 bits per heavy atom. The van der Waals surface area contributed by atoms with Crippen LogP contribution >= 0.6 is 0 Å². The van der Waals surface area contributed by atoms with Gasteiger partial charge in [0.05, 0.1) is 23.0 Å². The van der Waals surface area contributed by atoms with E-state index in [1.807, 2.05) is 85.8 Å². The molecule has 3 aromatic rings. The van der Waals surface area contributed by atoms with Crippen molar-refractivity contribution in [3.05, 3.63) is 78.9 Å². The number of ether oxygens (including phenoxy) is 1.